The lowest BCUT2D eigenvalue weighted by atomic mass is 9.98. The minimum absolute atomic E-state index is 0.107. The van der Waals surface area contributed by atoms with Crippen molar-refractivity contribution >= 4 is 11.5 Å². The molecule has 0 bridgehead atoms. The van der Waals surface area contributed by atoms with E-state index in [1.807, 2.05) is 32.0 Å². The Morgan fingerprint density at radius 2 is 1.87 bits per heavy atom. The first-order valence-electron chi connectivity index (χ1n) is 7.58. The van der Waals surface area contributed by atoms with Gasteiger partial charge in [0.05, 0.1) is 4.92 Å². The molecular weight excluding hydrogens is 294 g/mol. The van der Waals surface area contributed by atoms with Crippen molar-refractivity contribution in [2.24, 2.45) is 0 Å². The first kappa shape index (κ1) is 16.7. The molecule has 5 heteroatoms. The Hall–Kier alpha value is -2.69. The van der Waals surface area contributed by atoms with Crippen LogP contribution in [0.25, 0.3) is 0 Å². The normalized spacial score (nSPS) is 10.3. The predicted molar refractivity (Wildman–Crippen MR) is 88.1 cm³/mol. The number of ether oxygens (including phenoxy) is 1. The van der Waals surface area contributed by atoms with Gasteiger partial charge in [0.25, 0.3) is 0 Å². The molecule has 0 N–H and O–H groups in total. The molecule has 0 aliphatic heterocycles. The molecule has 0 fully saturated rings. The van der Waals surface area contributed by atoms with Crippen LogP contribution in [0.4, 0.5) is 5.69 Å². The van der Waals surface area contributed by atoms with Crippen molar-refractivity contribution < 1.29 is 14.5 Å². The van der Waals surface area contributed by atoms with E-state index < -0.39 is 4.92 Å². The fourth-order valence-corrected chi connectivity index (χ4v) is 2.36. The van der Waals surface area contributed by atoms with Gasteiger partial charge in [0, 0.05) is 11.6 Å². The van der Waals surface area contributed by atoms with Crippen LogP contribution in [0, 0.1) is 10.1 Å². The molecule has 2 aromatic carbocycles. The Bertz CT molecular complexity index is 725. The van der Waals surface area contributed by atoms with Gasteiger partial charge >= 0.3 is 5.69 Å². The van der Waals surface area contributed by atoms with Crippen LogP contribution in [-0.4, -0.2) is 17.3 Å². The summed E-state index contributed by atoms with van der Waals surface area (Å²) in [6.45, 7) is 3.80. The Kier molecular flexibility index (Phi) is 5.46. The number of hydrogen-bond donors (Lipinski definition) is 0. The third-order valence-electron chi connectivity index (χ3n) is 3.68. The number of benzene rings is 2. The molecule has 0 unspecified atom stereocenters. The third kappa shape index (κ3) is 3.94. The Balaban J connectivity index is 2.19. The fraction of sp³-hybridized carbons (Fsp3) is 0.278. The highest BCUT2D eigenvalue weighted by atomic mass is 16.6. The lowest BCUT2D eigenvalue weighted by Crippen LogP contribution is -2.14. The number of carbonyl (C=O) groups excluding carboxylic acids is 1. The van der Waals surface area contributed by atoms with Crippen LogP contribution in [0.15, 0.2) is 42.5 Å². The lowest BCUT2D eigenvalue weighted by molar-refractivity contribution is -0.385. The number of Topliss-reactive ketones (excluding diaryl/α,β-unsaturated/α-hetero) is 1. The molecule has 2 aromatic rings. The van der Waals surface area contributed by atoms with Crippen molar-refractivity contribution in [1.82, 2.24) is 0 Å². The molecule has 120 valence electrons. The largest absolute Gasteiger partial charge is 0.478 e. The molecule has 5 nitrogen and oxygen atoms in total. The van der Waals surface area contributed by atoms with E-state index in [-0.39, 0.29) is 23.8 Å². The van der Waals surface area contributed by atoms with Gasteiger partial charge in [-0.25, -0.2) is 0 Å². The molecule has 2 rings (SSSR count). The van der Waals surface area contributed by atoms with Crippen LogP contribution < -0.4 is 4.74 Å². The maximum atomic E-state index is 12.5. The van der Waals surface area contributed by atoms with E-state index in [0.29, 0.717) is 5.56 Å². The molecule has 0 radical (unpaired) electrons. The van der Waals surface area contributed by atoms with Gasteiger partial charge in [0.1, 0.15) is 0 Å². The van der Waals surface area contributed by atoms with E-state index in [0.717, 1.165) is 24.0 Å². The minimum Gasteiger partial charge on any atom is -0.478 e. The second-order valence-electron chi connectivity index (χ2n) is 5.14. The van der Waals surface area contributed by atoms with Crippen LogP contribution in [0.3, 0.4) is 0 Å². The summed E-state index contributed by atoms with van der Waals surface area (Å²) >= 11 is 0. The van der Waals surface area contributed by atoms with Crippen molar-refractivity contribution in [3.8, 4) is 5.75 Å². The Morgan fingerprint density at radius 3 is 2.52 bits per heavy atom. The van der Waals surface area contributed by atoms with Crippen LogP contribution in [0.5, 0.6) is 5.75 Å². The van der Waals surface area contributed by atoms with Crippen molar-refractivity contribution in [1.29, 1.82) is 0 Å². The molecule has 0 aromatic heterocycles. The van der Waals surface area contributed by atoms with Gasteiger partial charge < -0.3 is 4.74 Å². The highest BCUT2D eigenvalue weighted by molar-refractivity contribution is 5.98. The summed E-state index contributed by atoms with van der Waals surface area (Å²) in [6, 6.07) is 11.9. The fourth-order valence-electron chi connectivity index (χ4n) is 2.36. The average Bonchev–Trinajstić information content (AvgIpc) is 2.59. The van der Waals surface area contributed by atoms with Crippen molar-refractivity contribution in [3.63, 3.8) is 0 Å². The number of carbonyl (C=O) groups is 1. The summed E-state index contributed by atoms with van der Waals surface area (Å²) in [5.74, 6) is -0.0640. The highest BCUT2D eigenvalue weighted by Crippen LogP contribution is 2.26. The molecular formula is C18H19NO4. The Morgan fingerprint density at radius 1 is 1.13 bits per heavy atom. The van der Waals surface area contributed by atoms with Crippen molar-refractivity contribution in [2.45, 2.75) is 26.7 Å². The van der Waals surface area contributed by atoms with Gasteiger partial charge in [-0.3, -0.25) is 14.9 Å². The lowest BCUT2D eigenvalue weighted by Gasteiger charge is -2.10. The second-order valence-corrected chi connectivity index (χ2v) is 5.14. The van der Waals surface area contributed by atoms with Gasteiger partial charge in [0.15, 0.2) is 18.1 Å². The van der Waals surface area contributed by atoms with E-state index >= 15 is 0 Å². The molecule has 0 aliphatic rings. The standard InChI is InChI=1S/C18H19NO4/c1-3-13-9-10-14(4-2)15(11-13)17(20)12-23-18-8-6-5-7-16(18)19(21)22/h5-11H,3-4,12H2,1-2H3. The summed E-state index contributed by atoms with van der Waals surface area (Å²) in [6.07, 6.45) is 1.59. The molecule has 0 heterocycles. The number of nitro benzene ring substituents is 1. The highest BCUT2D eigenvalue weighted by Gasteiger charge is 2.17. The summed E-state index contributed by atoms with van der Waals surface area (Å²) in [5.41, 5.74) is 2.53. The molecule has 0 saturated heterocycles. The number of rotatable bonds is 7. The van der Waals surface area contributed by atoms with Crippen LogP contribution in [0.1, 0.15) is 35.3 Å². The smallest absolute Gasteiger partial charge is 0.310 e. The molecule has 23 heavy (non-hydrogen) atoms. The number of hydrogen-bond acceptors (Lipinski definition) is 4. The topological polar surface area (TPSA) is 69.4 Å². The quantitative estimate of drug-likeness (QED) is 0.440. The second kappa shape index (κ2) is 7.54. The summed E-state index contributed by atoms with van der Waals surface area (Å²) in [5, 5.41) is 11.0. The van der Waals surface area contributed by atoms with Crippen molar-refractivity contribution in [2.75, 3.05) is 6.61 Å². The van der Waals surface area contributed by atoms with Gasteiger partial charge in [-0.1, -0.05) is 38.1 Å². The summed E-state index contributed by atoms with van der Waals surface area (Å²) < 4.78 is 5.40. The van der Waals surface area contributed by atoms with E-state index in [4.69, 9.17) is 4.74 Å². The van der Waals surface area contributed by atoms with Gasteiger partial charge in [-0.2, -0.15) is 0 Å². The summed E-state index contributed by atoms with van der Waals surface area (Å²) in [4.78, 5) is 22.9. The zero-order chi connectivity index (χ0) is 16.8. The molecule has 0 atom stereocenters. The van der Waals surface area contributed by atoms with Gasteiger partial charge in [-0.05, 0) is 36.1 Å². The number of ketones is 1. The zero-order valence-electron chi connectivity index (χ0n) is 13.2. The molecule has 0 saturated carbocycles. The van der Waals surface area contributed by atoms with Crippen LogP contribution >= 0.6 is 0 Å². The van der Waals surface area contributed by atoms with Crippen molar-refractivity contribution in [3.05, 3.63) is 69.3 Å². The molecule has 0 spiro atoms. The zero-order valence-corrected chi connectivity index (χ0v) is 13.2. The van der Waals surface area contributed by atoms with E-state index in [2.05, 4.69) is 0 Å². The SMILES string of the molecule is CCc1ccc(CC)c(C(=O)COc2ccccc2[N+](=O)[O-])c1. The number of nitrogens with zero attached hydrogens (tertiary/aromatic N) is 1. The van der Waals surface area contributed by atoms with E-state index in [1.165, 1.54) is 12.1 Å². The first-order valence-corrected chi connectivity index (χ1v) is 7.58. The van der Waals surface area contributed by atoms with Crippen LogP contribution in [-0.2, 0) is 12.8 Å². The first-order chi connectivity index (χ1) is 11.1. The monoisotopic (exact) mass is 313 g/mol. The predicted octanol–water partition coefficient (Wildman–Crippen LogP) is 3.98. The maximum absolute atomic E-state index is 12.5. The number of aryl methyl sites for hydroxylation is 2. The molecule has 0 amide bonds. The Labute approximate surface area is 135 Å². The van der Waals surface area contributed by atoms with Gasteiger partial charge in [0.2, 0.25) is 0 Å². The average molecular weight is 313 g/mol. The summed E-state index contributed by atoms with van der Waals surface area (Å²) in [7, 11) is 0. The van der Waals surface area contributed by atoms with Gasteiger partial charge in [-0.15, -0.1) is 0 Å². The van der Waals surface area contributed by atoms with E-state index in [1.54, 1.807) is 12.1 Å². The maximum Gasteiger partial charge on any atom is 0.310 e. The minimum atomic E-state index is -0.519. The molecule has 0 aliphatic carbocycles. The van der Waals surface area contributed by atoms with Crippen LogP contribution in [0.2, 0.25) is 0 Å². The number of para-hydroxylation sites is 2. The third-order valence-corrected chi connectivity index (χ3v) is 3.68. The number of nitro groups is 1. The van der Waals surface area contributed by atoms with E-state index in [9.17, 15) is 14.9 Å².